The van der Waals surface area contributed by atoms with Gasteiger partial charge in [-0.05, 0) is 24.7 Å². The average Bonchev–Trinajstić information content (AvgIpc) is 2.84. The molecule has 5 nitrogen and oxygen atoms in total. The Morgan fingerprint density at radius 1 is 1.27 bits per heavy atom. The molecule has 1 saturated heterocycles. The van der Waals surface area contributed by atoms with Crippen molar-refractivity contribution in [3.63, 3.8) is 0 Å². The van der Waals surface area contributed by atoms with E-state index in [1.54, 1.807) is 0 Å². The Labute approximate surface area is 133 Å². The first-order chi connectivity index (χ1) is 10.1. The zero-order chi connectivity index (χ0) is 16.9. The minimum absolute atomic E-state index is 0.119. The highest BCUT2D eigenvalue weighted by Crippen LogP contribution is 2.20. The third-order valence-corrected chi connectivity index (χ3v) is 4.37. The fourth-order valence-corrected chi connectivity index (χ4v) is 2.95. The fraction of sp³-hybridized carbons (Fsp3) is 0.688. The van der Waals surface area contributed by atoms with Crippen LogP contribution in [0.15, 0.2) is 0 Å². The Morgan fingerprint density at radius 3 is 2.45 bits per heavy atom. The van der Waals surface area contributed by atoms with Crippen molar-refractivity contribution in [3.8, 4) is 11.5 Å². The summed E-state index contributed by atoms with van der Waals surface area (Å²) in [5, 5.41) is 9.10. The lowest BCUT2D eigenvalue weighted by Crippen LogP contribution is -2.41. The van der Waals surface area contributed by atoms with Gasteiger partial charge in [0.25, 0.3) is 0 Å². The number of likely N-dealkylation sites (tertiary alicyclic amines) is 1. The minimum atomic E-state index is -1.57. The van der Waals surface area contributed by atoms with Crippen molar-refractivity contribution < 1.29 is 19.5 Å². The molecule has 6 heteroatoms. The minimum Gasteiger partial charge on any atom is -0.480 e. The van der Waals surface area contributed by atoms with E-state index in [1.165, 1.54) is 4.90 Å². The summed E-state index contributed by atoms with van der Waals surface area (Å²) < 4.78 is 0. The first-order valence-corrected chi connectivity index (χ1v) is 11.2. The SMILES string of the molecule is CC(CC(=O)C#C[Si](C)(C)C)CC(=O)N1CCC[C@H]1C(=O)O. The van der Waals surface area contributed by atoms with E-state index in [4.69, 9.17) is 5.11 Å². The maximum absolute atomic E-state index is 12.2. The quantitative estimate of drug-likeness (QED) is 0.620. The van der Waals surface area contributed by atoms with Gasteiger partial charge in [-0.2, -0.15) is 0 Å². The lowest BCUT2D eigenvalue weighted by molar-refractivity contribution is -0.148. The van der Waals surface area contributed by atoms with Crippen molar-refractivity contribution in [2.24, 2.45) is 5.92 Å². The molecule has 0 saturated carbocycles. The third-order valence-electron chi connectivity index (χ3n) is 3.49. The Morgan fingerprint density at radius 2 is 1.91 bits per heavy atom. The summed E-state index contributed by atoms with van der Waals surface area (Å²) in [6.07, 6.45) is 1.67. The molecular weight excluding hydrogens is 298 g/mol. The van der Waals surface area contributed by atoms with Crippen LogP contribution in [-0.4, -0.2) is 48.3 Å². The molecule has 2 atom stereocenters. The number of amides is 1. The zero-order valence-electron chi connectivity index (χ0n) is 13.8. The molecule has 0 bridgehead atoms. The predicted molar refractivity (Wildman–Crippen MR) is 86.9 cm³/mol. The van der Waals surface area contributed by atoms with E-state index < -0.39 is 20.1 Å². The molecule has 0 aromatic rings. The Balaban J connectivity index is 2.52. The zero-order valence-corrected chi connectivity index (χ0v) is 14.8. The molecule has 1 N–H and O–H groups in total. The molecule has 1 amide bonds. The van der Waals surface area contributed by atoms with Gasteiger partial charge in [-0.15, -0.1) is 5.54 Å². The molecule has 1 heterocycles. The Bertz CT molecular complexity index is 512. The van der Waals surface area contributed by atoms with Gasteiger partial charge in [0.05, 0.1) is 0 Å². The van der Waals surface area contributed by atoms with Crippen molar-refractivity contribution in [3.05, 3.63) is 0 Å². The van der Waals surface area contributed by atoms with Crippen LogP contribution in [0.1, 0.15) is 32.6 Å². The van der Waals surface area contributed by atoms with Gasteiger partial charge >= 0.3 is 5.97 Å². The normalized spacial score (nSPS) is 19.3. The van der Waals surface area contributed by atoms with Crippen LogP contribution in [0, 0.1) is 17.4 Å². The molecule has 1 rings (SSSR count). The van der Waals surface area contributed by atoms with E-state index in [0.29, 0.717) is 13.0 Å². The second-order valence-corrected chi connectivity index (χ2v) is 11.8. The number of ketones is 1. The number of hydrogen-bond acceptors (Lipinski definition) is 3. The monoisotopic (exact) mass is 323 g/mol. The standard InChI is InChI=1S/C16H25NO4Si/c1-12(10-13(18)7-9-22(2,3)4)11-15(19)17-8-5-6-14(17)16(20)21/h12,14H,5-6,8,10-11H2,1-4H3,(H,20,21)/t12?,14-/m0/s1. The maximum atomic E-state index is 12.2. The van der Waals surface area contributed by atoms with Crippen LogP contribution in [0.2, 0.25) is 19.6 Å². The highest BCUT2D eigenvalue weighted by Gasteiger charge is 2.34. The van der Waals surface area contributed by atoms with Gasteiger partial charge in [-0.1, -0.05) is 26.6 Å². The van der Waals surface area contributed by atoms with Crippen LogP contribution < -0.4 is 0 Å². The van der Waals surface area contributed by atoms with E-state index in [0.717, 1.165) is 6.42 Å². The molecule has 0 aromatic heterocycles. The number of nitrogens with zero attached hydrogens (tertiary/aromatic N) is 1. The van der Waals surface area contributed by atoms with Gasteiger partial charge in [0, 0.05) is 19.4 Å². The molecule has 0 aromatic carbocycles. The van der Waals surface area contributed by atoms with E-state index in [1.807, 2.05) is 6.92 Å². The van der Waals surface area contributed by atoms with Gasteiger partial charge in [0.1, 0.15) is 14.1 Å². The number of hydrogen-bond donors (Lipinski definition) is 1. The van der Waals surface area contributed by atoms with Crippen LogP contribution in [0.4, 0.5) is 0 Å². The summed E-state index contributed by atoms with van der Waals surface area (Å²) >= 11 is 0. The van der Waals surface area contributed by atoms with Crippen LogP contribution >= 0.6 is 0 Å². The Kier molecular flexibility index (Phi) is 6.36. The third kappa shape index (κ3) is 6.02. The summed E-state index contributed by atoms with van der Waals surface area (Å²) in [6, 6.07) is -0.706. The van der Waals surface area contributed by atoms with E-state index in [2.05, 4.69) is 31.1 Å². The molecule has 1 fully saturated rings. The Hall–Kier alpha value is -1.61. The van der Waals surface area contributed by atoms with Gasteiger partial charge in [-0.3, -0.25) is 9.59 Å². The smallest absolute Gasteiger partial charge is 0.326 e. The number of carbonyl (C=O) groups excluding carboxylic acids is 2. The number of carboxylic acids is 1. The van der Waals surface area contributed by atoms with Crippen molar-refractivity contribution in [1.82, 2.24) is 4.90 Å². The largest absolute Gasteiger partial charge is 0.480 e. The lowest BCUT2D eigenvalue weighted by atomic mass is 10.0. The summed E-state index contributed by atoms with van der Waals surface area (Å²) in [6.45, 7) is 8.53. The molecule has 22 heavy (non-hydrogen) atoms. The second kappa shape index (κ2) is 7.59. The summed E-state index contributed by atoms with van der Waals surface area (Å²) in [7, 11) is -1.57. The number of carboxylic acid groups (broad SMARTS) is 1. The van der Waals surface area contributed by atoms with Crippen LogP contribution in [0.3, 0.4) is 0 Å². The van der Waals surface area contributed by atoms with Crippen LogP contribution in [-0.2, 0) is 14.4 Å². The van der Waals surface area contributed by atoms with Gasteiger partial charge in [0.2, 0.25) is 11.7 Å². The molecule has 1 aliphatic heterocycles. The molecule has 122 valence electrons. The highest BCUT2D eigenvalue weighted by molar-refractivity contribution is 6.84. The van der Waals surface area contributed by atoms with Gasteiger partial charge in [0.15, 0.2) is 0 Å². The maximum Gasteiger partial charge on any atom is 0.326 e. The number of Topliss-reactive ketones (excluding diaryl/α,β-unsaturated/α-hetero) is 1. The van der Waals surface area contributed by atoms with Crippen molar-refractivity contribution in [2.45, 2.75) is 58.3 Å². The molecular formula is C16H25NO4Si. The highest BCUT2D eigenvalue weighted by atomic mass is 28.3. The number of aliphatic carboxylic acids is 1. The first kappa shape index (κ1) is 18.4. The van der Waals surface area contributed by atoms with Crippen LogP contribution in [0.25, 0.3) is 0 Å². The average molecular weight is 323 g/mol. The predicted octanol–water partition coefficient (Wildman–Crippen LogP) is 1.93. The second-order valence-electron chi connectivity index (χ2n) is 7.02. The topological polar surface area (TPSA) is 74.7 Å². The molecule has 0 radical (unpaired) electrons. The summed E-state index contributed by atoms with van der Waals surface area (Å²) in [4.78, 5) is 36.5. The number of carbonyl (C=O) groups is 3. The summed E-state index contributed by atoms with van der Waals surface area (Å²) in [5.74, 6) is 1.29. The fourth-order valence-electron chi connectivity index (χ4n) is 2.43. The van der Waals surface area contributed by atoms with E-state index in [-0.39, 0.29) is 30.4 Å². The van der Waals surface area contributed by atoms with Crippen molar-refractivity contribution >= 4 is 25.7 Å². The van der Waals surface area contributed by atoms with Crippen LogP contribution in [0.5, 0.6) is 0 Å². The lowest BCUT2D eigenvalue weighted by Gasteiger charge is -2.22. The van der Waals surface area contributed by atoms with E-state index in [9.17, 15) is 14.4 Å². The van der Waals surface area contributed by atoms with Gasteiger partial charge in [-0.25, -0.2) is 4.79 Å². The van der Waals surface area contributed by atoms with Crippen molar-refractivity contribution in [2.75, 3.05) is 6.54 Å². The number of rotatable bonds is 5. The van der Waals surface area contributed by atoms with Crippen molar-refractivity contribution in [1.29, 1.82) is 0 Å². The molecule has 0 aliphatic carbocycles. The molecule has 0 spiro atoms. The van der Waals surface area contributed by atoms with E-state index >= 15 is 0 Å². The first-order valence-electron chi connectivity index (χ1n) is 7.68. The molecule has 1 unspecified atom stereocenters. The van der Waals surface area contributed by atoms with Gasteiger partial charge < -0.3 is 10.0 Å². The molecule has 1 aliphatic rings. The summed E-state index contributed by atoms with van der Waals surface area (Å²) in [5.41, 5.74) is 3.02.